The van der Waals surface area contributed by atoms with Gasteiger partial charge in [0.05, 0.1) is 12.7 Å². The summed E-state index contributed by atoms with van der Waals surface area (Å²) in [5.74, 6) is 0. The predicted octanol–water partition coefficient (Wildman–Crippen LogP) is 3.60. The molecule has 114 valence electrons. The molecule has 3 atom stereocenters. The molecule has 19 heavy (non-hydrogen) atoms. The molecule has 1 aliphatic heterocycles. The Morgan fingerprint density at radius 1 is 1.16 bits per heavy atom. The van der Waals surface area contributed by atoms with Crippen molar-refractivity contribution in [2.24, 2.45) is 16.2 Å². The van der Waals surface area contributed by atoms with Gasteiger partial charge in [-0.1, -0.05) is 48.5 Å². The van der Waals surface area contributed by atoms with Crippen LogP contribution in [-0.4, -0.2) is 30.7 Å². The first-order valence-electron chi connectivity index (χ1n) is 7.37. The molecular weight excluding hydrogens is 240 g/mol. The van der Waals surface area contributed by atoms with Gasteiger partial charge in [0.25, 0.3) is 0 Å². The Morgan fingerprint density at radius 2 is 1.74 bits per heavy atom. The van der Waals surface area contributed by atoms with Crippen molar-refractivity contribution >= 4 is 0 Å². The van der Waals surface area contributed by atoms with Crippen molar-refractivity contribution in [2.45, 2.75) is 73.7 Å². The van der Waals surface area contributed by atoms with Crippen molar-refractivity contribution in [3.05, 3.63) is 0 Å². The van der Waals surface area contributed by atoms with Crippen LogP contribution in [0.3, 0.4) is 0 Å². The van der Waals surface area contributed by atoms with Crippen LogP contribution in [0.25, 0.3) is 0 Å². The summed E-state index contributed by atoms with van der Waals surface area (Å²) < 4.78 is 11.2. The van der Waals surface area contributed by atoms with Gasteiger partial charge < -0.3 is 14.6 Å². The molecular formula is C16H32O3. The highest BCUT2D eigenvalue weighted by Gasteiger charge is 2.47. The SMILES string of the molecule is CC(C)(C)CC(C)(C(O)OC1CCOC1)C(C)(C)C. The second-order valence-corrected chi connectivity index (χ2v) is 8.38. The van der Waals surface area contributed by atoms with E-state index < -0.39 is 6.29 Å². The smallest absolute Gasteiger partial charge is 0.160 e. The average molecular weight is 272 g/mol. The van der Waals surface area contributed by atoms with Gasteiger partial charge in [0.2, 0.25) is 0 Å². The molecule has 0 aromatic carbocycles. The third-order valence-corrected chi connectivity index (χ3v) is 4.37. The lowest BCUT2D eigenvalue weighted by atomic mass is 9.61. The molecule has 0 bridgehead atoms. The topological polar surface area (TPSA) is 38.7 Å². The minimum absolute atomic E-state index is 0.0286. The molecule has 3 nitrogen and oxygen atoms in total. The molecule has 0 aromatic rings. The first-order chi connectivity index (χ1) is 8.46. The number of aliphatic hydroxyl groups excluding tert-OH is 1. The molecule has 1 N–H and O–H groups in total. The Bertz CT molecular complexity index is 281. The van der Waals surface area contributed by atoms with Crippen molar-refractivity contribution < 1.29 is 14.6 Å². The van der Waals surface area contributed by atoms with E-state index in [0.29, 0.717) is 6.61 Å². The summed E-state index contributed by atoms with van der Waals surface area (Å²) in [5, 5.41) is 10.6. The van der Waals surface area contributed by atoms with Gasteiger partial charge in [-0.3, -0.25) is 0 Å². The maximum absolute atomic E-state index is 10.6. The molecule has 0 amide bonds. The van der Waals surface area contributed by atoms with Crippen LogP contribution in [0.15, 0.2) is 0 Å². The molecule has 1 saturated heterocycles. The largest absolute Gasteiger partial charge is 0.379 e. The van der Waals surface area contributed by atoms with Gasteiger partial charge in [-0.2, -0.15) is 0 Å². The number of hydrogen-bond donors (Lipinski definition) is 1. The quantitative estimate of drug-likeness (QED) is 0.795. The van der Waals surface area contributed by atoms with Gasteiger partial charge in [0, 0.05) is 12.0 Å². The highest BCUT2D eigenvalue weighted by atomic mass is 16.6. The van der Waals surface area contributed by atoms with E-state index >= 15 is 0 Å². The molecule has 0 radical (unpaired) electrons. The van der Waals surface area contributed by atoms with E-state index in [-0.39, 0.29) is 22.3 Å². The van der Waals surface area contributed by atoms with E-state index in [9.17, 15) is 5.11 Å². The minimum atomic E-state index is -0.751. The Morgan fingerprint density at radius 3 is 2.11 bits per heavy atom. The first-order valence-corrected chi connectivity index (χ1v) is 7.37. The highest BCUT2D eigenvalue weighted by molar-refractivity contribution is 4.92. The molecule has 0 aromatic heterocycles. The Labute approximate surface area is 118 Å². The summed E-state index contributed by atoms with van der Waals surface area (Å²) in [4.78, 5) is 0. The van der Waals surface area contributed by atoms with Gasteiger partial charge in [-0.15, -0.1) is 0 Å². The summed E-state index contributed by atoms with van der Waals surface area (Å²) in [6.07, 6.45) is 1.08. The minimum Gasteiger partial charge on any atom is -0.379 e. The summed E-state index contributed by atoms with van der Waals surface area (Å²) in [6, 6.07) is 0. The van der Waals surface area contributed by atoms with Gasteiger partial charge in [-0.25, -0.2) is 0 Å². The summed E-state index contributed by atoms with van der Waals surface area (Å²) in [6.45, 7) is 16.6. The van der Waals surface area contributed by atoms with Crippen molar-refractivity contribution in [3.63, 3.8) is 0 Å². The van der Waals surface area contributed by atoms with Crippen LogP contribution in [0.5, 0.6) is 0 Å². The standard InChI is InChI=1S/C16H32O3/c1-14(2,3)11-16(7,15(4,5)6)13(17)19-12-8-9-18-10-12/h12-13,17H,8-11H2,1-7H3. The molecule has 3 heteroatoms. The van der Waals surface area contributed by atoms with Crippen molar-refractivity contribution in [1.29, 1.82) is 0 Å². The third kappa shape index (κ3) is 4.44. The Hall–Kier alpha value is -0.120. The Balaban J connectivity index is 2.83. The van der Waals surface area contributed by atoms with Crippen LogP contribution in [0, 0.1) is 16.2 Å². The van der Waals surface area contributed by atoms with Crippen molar-refractivity contribution in [1.82, 2.24) is 0 Å². The monoisotopic (exact) mass is 272 g/mol. The van der Waals surface area contributed by atoms with Crippen molar-refractivity contribution in [2.75, 3.05) is 13.2 Å². The first kappa shape index (κ1) is 16.9. The molecule has 1 heterocycles. The zero-order chi connectivity index (χ0) is 14.9. The van der Waals surface area contributed by atoms with Gasteiger partial charge in [0.1, 0.15) is 0 Å². The maximum atomic E-state index is 10.6. The predicted molar refractivity (Wildman–Crippen MR) is 77.9 cm³/mol. The van der Waals surface area contributed by atoms with E-state index in [4.69, 9.17) is 9.47 Å². The lowest BCUT2D eigenvalue weighted by molar-refractivity contribution is -0.231. The fourth-order valence-corrected chi connectivity index (χ4v) is 2.78. The van der Waals surface area contributed by atoms with Crippen LogP contribution in [-0.2, 0) is 9.47 Å². The van der Waals surface area contributed by atoms with E-state index in [1.165, 1.54) is 0 Å². The molecule has 1 fully saturated rings. The fraction of sp³-hybridized carbons (Fsp3) is 1.00. The zero-order valence-electron chi connectivity index (χ0n) is 13.7. The van der Waals surface area contributed by atoms with Gasteiger partial charge >= 0.3 is 0 Å². The molecule has 0 saturated carbocycles. The maximum Gasteiger partial charge on any atom is 0.160 e. The zero-order valence-corrected chi connectivity index (χ0v) is 13.7. The number of hydrogen-bond acceptors (Lipinski definition) is 3. The second-order valence-electron chi connectivity index (χ2n) is 8.38. The average Bonchev–Trinajstić information content (AvgIpc) is 2.65. The van der Waals surface area contributed by atoms with Crippen molar-refractivity contribution in [3.8, 4) is 0 Å². The third-order valence-electron chi connectivity index (χ3n) is 4.37. The normalized spacial score (nSPS) is 26.2. The highest BCUT2D eigenvalue weighted by Crippen LogP contribution is 2.49. The molecule has 3 unspecified atom stereocenters. The molecule has 0 spiro atoms. The Kier molecular flexibility index (Phi) is 5.09. The van der Waals surface area contributed by atoms with E-state index in [2.05, 4.69) is 48.5 Å². The summed E-state index contributed by atoms with van der Waals surface area (Å²) >= 11 is 0. The fourth-order valence-electron chi connectivity index (χ4n) is 2.78. The summed E-state index contributed by atoms with van der Waals surface area (Å²) in [7, 11) is 0. The van der Waals surface area contributed by atoms with Crippen LogP contribution < -0.4 is 0 Å². The number of ether oxygens (including phenoxy) is 2. The number of rotatable bonds is 4. The second kappa shape index (κ2) is 5.71. The molecule has 0 aliphatic carbocycles. The van der Waals surface area contributed by atoms with Gasteiger partial charge in [-0.05, 0) is 23.7 Å². The lowest BCUT2D eigenvalue weighted by Gasteiger charge is -2.48. The van der Waals surface area contributed by atoms with E-state index in [1.807, 2.05) is 0 Å². The lowest BCUT2D eigenvalue weighted by Crippen LogP contribution is -2.48. The van der Waals surface area contributed by atoms with Crippen LogP contribution in [0.1, 0.15) is 61.3 Å². The number of aliphatic hydroxyl groups is 1. The van der Waals surface area contributed by atoms with E-state index in [0.717, 1.165) is 19.4 Å². The van der Waals surface area contributed by atoms with Gasteiger partial charge in [0.15, 0.2) is 6.29 Å². The van der Waals surface area contributed by atoms with E-state index in [1.54, 1.807) is 0 Å². The van der Waals surface area contributed by atoms with Crippen LogP contribution >= 0.6 is 0 Å². The molecule has 1 rings (SSSR count). The van der Waals surface area contributed by atoms with Crippen LogP contribution in [0.2, 0.25) is 0 Å². The van der Waals surface area contributed by atoms with Crippen LogP contribution in [0.4, 0.5) is 0 Å². The molecule has 1 aliphatic rings. The summed E-state index contributed by atoms with van der Waals surface area (Å²) in [5.41, 5.74) is -0.161.